The van der Waals surface area contributed by atoms with Crippen LogP contribution in [-0.2, 0) is 17.8 Å². The molecule has 1 atom stereocenters. The largest absolute Gasteiger partial charge is 0.375 e. The number of methoxy groups -OCH3 is 1. The maximum Gasteiger partial charge on any atom is 0.194 e. The first kappa shape index (κ1) is 23.6. The maximum atomic E-state index is 5.35. The summed E-state index contributed by atoms with van der Waals surface area (Å²) in [5.41, 5.74) is 4.07. The Balaban J connectivity index is 0.00000300. The Morgan fingerprint density at radius 3 is 2.83 bits per heavy atom. The first-order valence-electron chi connectivity index (χ1n) is 9.42. The number of ether oxygens (including phenoxy) is 1. The zero-order valence-corrected chi connectivity index (χ0v) is 20.7. The molecular weight excluding hydrogens is 499 g/mol. The lowest BCUT2D eigenvalue weighted by molar-refractivity contribution is 0.119. The number of nitrogens with one attached hydrogen (secondary N) is 1. The molecule has 29 heavy (non-hydrogen) atoms. The van der Waals surface area contributed by atoms with E-state index in [1.165, 1.54) is 0 Å². The number of thiazole rings is 1. The van der Waals surface area contributed by atoms with Crippen LogP contribution in [0.2, 0.25) is 0 Å². The molecule has 0 aliphatic heterocycles. The molecule has 0 amide bonds. The number of aromatic nitrogens is 3. The molecule has 3 aromatic heterocycles. The van der Waals surface area contributed by atoms with E-state index in [2.05, 4.69) is 56.1 Å². The van der Waals surface area contributed by atoms with Crippen molar-refractivity contribution in [3.05, 3.63) is 51.9 Å². The zero-order chi connectivity index (χ0) is 20.1. The van der Waals surface area contributed by atoms with Crippen LogP contribution < -0.4 is 5.32 Å². The molecule has 1 N–H and O–H groups in total. The highest BCUT2D eigenvalue weighted by Crippen LogP contribution is 2.21. The van der Waals surface area contributed by atoms with Crippen LogP contribution in [0.25, 0.3) is 5.65 Å². The van der Waals surface area contributed by atoms with Gasteiger partial charge in [0.2, 0.25) is 0 Å². The lowest BCUT2D eigenvalue weighted by Gasteiger charge is -2.21. The van der Waals surface area contributed by atoms with Gasteiger partial charge in [0, 0.05) is 38.0 Å². The highest BCUT2D eigenvalue weighted by molar-refractivity contribution is 14.0. The molecule has 3 rings (SSSR count). The van der Waals surface area contributed by atoms with Crippen LogP contribution in [0.15, 0.2) is 34.8 Å². The van der Waals surface area contributed by atoms with Crippen molar-refractivity contribution in [2.75, 3.05) is 20.7 Å². The monoisotopic (exact) mass is 528 g/mol. The Labute approximate surface area is 193 Å². The molecule has 3 heterocycles. The number of aliphatic imine (C=N–C) groups is 1. The molecular formula is C20H29IN6OS. The van der Waals surface area contributed by atoms with E-state index in [0.717, 1.165) is 40.2 Å². The highest BCUT2D eigenvalue weighted by Gasteiger charge is 2.13. The second kappa shape index (κ2) is 10.9. The summed E-state index contributed by atoms with van der Waals surface area (Å²) in [6.45, 7) is 8.16. The Morgan fingerprint density at radius 1 is 1.34 bits per heavy atom. The van der Waals surface area contributed by atoms with Gasteiger partial charge in [-0.25, -0.2) is 15.0 Å². The van der Waals surface area contributed by atoms with E-state index in [4.69, 9.17) is 9.73 Å². The van der Waals surface area contributed by atoms with Gasteiger partial charge in [0.25, 0.3) is 0 Å². The fourth-order valence-corrected chi connectivity index (χ4v) is 3.74. The number of hydrogen-bond acceptors (Lipinski definition) is 5. The summed E-state index contributed by atoms with van der Waals surface area (Å²) in [4.78, 5) is 16.2. The van der Waals surface area contributed by atoms with Gasteiger partial charge in [0.1, 0.15) is 16.8 Å². The van der Waals surface area contributed by atoms with Gasteiger partial charge in [-0.2, -0.15) is 0 Å². The standard InChI is InChI=1S/C20H28N6OS.HI/c1-6-21-20(25(4)11-17-13-28-19(24-17)15(3)27-5)22-10-16-12-26-14(2)8-7-9-18(26)23-16;/h7-9,12-13,15H,6,10-11H2,1-5H3,(H,21,22);1H. The molecule has 0 aromatic carbocycles. The quantitative estimate of drug-likeness (QED) is 0.285. The first-order valence-corrected chi connectivity index (χ1v) is 10.3. The van der Waals surface area contributed by atoms with Crippen molar-refractivity contribution in [1.29, 1.82) is 0 Å². The van der Waals surface area contributed by atoms with E-state index in [0.29, 0.717) is 13.1 Å². The second-order valence-corrected chi connectivity index (χ2v) is 7.60. The van der Waals surface area contributed by atoms with Crippen molar-refractivity contribution >= 4 is 46.9 Å². The van der Waals surface area contributed by atoms with Gasteiger partial charge < -0.3 is 19.4 Å². The predicted molar refractivity (Wildman–Crippen MR) is 129 cm³/mol. The number of imidazole rings is 1. The van der Waals surface area contributed by atoms with E-state index in [1.807, 2.05) is 26.1 Å². The summed E-state index contributed by atoms with van der Waals surface area (Å²) in [6.07, 6.45) is 2.07. The number of nitrogens with zero attached hydrogens (tertiary/aromatic N) is 5. The average molecular weight is 528 g/mol. The molecule has 0 aliphatic carbocycles. The minimum atomic E-state index is 0. The van der Waals surface area contributed by atoms with Crippen LogP contribution in [-0.4, -0.2) is 45.9 Å². The Hall–Kier alpha value is -1.72. The van der Waals surface area contributed by atoms with Crippen LogP contribution in [0, 0.1) is 6.92 Å². The molecule has 0 aliphatic rings. The molecule has 0 radical (unpaired) electrons. The Kier molecular flexibility index (Phi) is 8.84. The molecule has 0 fully saturated rings. The molecule has 7 nitrogen and oxygen atoms in total. The number of aryl methyl sites for hydroxylation is 1. The molecule has 0 saturated heterocycles. The molecule has 3 aromatic rings. The molecule has 1 unspecified atom stereocenters. The van der Waals surface area contributed by atoms with Gasteiger partial charge in [-0.15, -0.1) is 35.3 Å². The van der Waals surface area contributed by atoms with Crippen LogP contribution in [0.4, 0.5) is 0 Å². The number of hydrogen-bond donors (Lipinski definition) is 1. The number of pyridine rings is 1. The third-order valence-electron chi connectivity index (χ3n) is 4.50. The third kappa shape index (κ3) is 5.89. The van der Waals surface area contributed by atoms with Gasteiger partial charge in [0.05, 0.1) is 24.5 Å². The maximum absolute atomic E-state index is 5.35. The van der Waals surface area contributed by atoms with Gasteiger partial charge in [0.15, 0.2) is 5.96 Å². The van der Waals surface area contributed by atoms with E-state index < -0.39 is 0 Å². The van der Waals surface area contributed by atoms with Crippen LogP contribution >= 0.6 is 35.3 Å². The fourth-order valence-electron chi connectivity index (χ4n) is 2.90. The normalized spacial score (nSPS) is 12.7. The lowest BCUT2D eigenvalue weighted by Crippen LogP contribution is -2.38. The summed E-state index contributed by atoms with van der Waals surface area (Å²) < 4.78 is 7.44. The number of halogens is 1. The summed E-state index contributed by atoms with van der Waals surface area (Å²) in [7, 11) is 3.72. The summed E-state index contributed by atoms with van der Waals surface area (Å²) in [6, 6.07) is 6.11. The predicted octanol–water partition coefficient (Wildman–Crippen LogP) is 4.02. The van der Waals surface area contributed by atoms with E-state index in [-0.39, 0.29) is 30.1 Å². The third-order valence-corrected chi connectivity index (χ3v) is 5.56. The van der Waals surface area contributed by atoms with Gasteiger partial charge in [-0.3, -0.25) is 0 Å². The van der Waals surface area contributed by atoms with Gasteiger partial charge in [-0.05, 0) is 32.9 Å². The summed E-state index contributed by atoms with van der Waals surface area (Å²) >= 11 is 1.63. The first-order chi connectivity index (χ1) is 13.5. The SMILES string of the molecule is CCNC(=NCc1cn2c(C)cccc2n1)N(C)Cc1csc(C(C)OC)n1.I. The van der Waals surface area contributed by atoms with Gasteiger partial charge in [-0.1, -0.05) is 6.07 Å². The Bertz CT molecular complexity index is 954. The highest BCUT2D eigenvalue weighted by atomic mass is 127. The van der Waals surface area contributed by atoms with Crippen LogP contribution in [0.1, 0.15) is 42.0 Å². The van der Waals surface area contributed by atoms with Crippen molar-refractivity contribution in [2.45, 2.75) is 40.0 Å². The number of rotatable bonds is 7. The summed E-state index contributed by atoms with van der Waals surface area (Å²) in [5, 5.41) is 6.42. The minimum absolute atomic E-state index is 0. The van der Waals surface area contributed by atoms with Crippen LogP contribution in [0.5, 0.6) is 0 Å². The topological polar surface area (TPSA) is 67.0 Å². The van der Waals surface area contributed by atoms with Crippen molar-refractivity contribution < 1.29 is 4.74 Å². The van der Waals surface area contributed by atoms with E-state index in [1.54, 1.807) is 18.4 Å². The smallest absolute Gasteiger partial charge is 0.194 e. The van der Waals surface area contributed by atoms with Crippen molar-refractivity contribution in [3.8, 4) is 0 Å². The molecule has 0 saturated carbocycles. The van der Waals surface area contributed by atoms with Crippen molar-refractivity contribution in [2.24, 2.45) is 4.99 Å². The van der Waals surface area contributed by atoms with Crippen molar-refractivity contribution in [3.63, 3.8) is 0 Å². The molecule has 158 valence electrons. The summed E-state index contributed by atoms with van der Waals surface area (Å²) in [5.74, 6) is 0.839. The zero-order valence-electron chi connectivity index (χ0n) is 17.5. The number of fused-ring (bicyclic) bond motifs is 1. The number of guanidine groups is 1. The second-order valence-electron chi connectivity index (χ2n) is 6.71. The fraction of sp³-hybridized carbons (Fsp3) is 0.450. The molecule has 0 bridgehead atoms. The van der Waals surface area contributed by atoms with E-state index in [9.17, 15) is 0 Å². The Morgan fingerprint density at radius 2 is 2.14 bits per heavy atom. The van der Waals surface area contributed by atoms with Gasteiger partial charge >= 0.3 is 0 Å². The van der Waals surface area contributed by atoms with Crippen LogP contribution in [0.3, 0.4) is 0 Å². The average Bonchev–Trinajstić information content (AvgIpc) is 3.32. The molecule has 9 heteroatoms. The lowest BCUT2D eigenvalue weighted by atomic mass is 10.4. The molecule has 0 spiro atoms. The van der Waals surface area contributed by atoms with E-state index >= 15 is 0 Å². The minimum Gasteiger partial charge on any atom is -0.375 e. The van der Waals surface area contributed by atoms with Crippen molar-refractivity contribution in [1.82, 2.24) is 24.6 Å².